The number of nitrogens with one attached hydrogen (secondary N) is 2. The summed E-state index contributed by atoms with van der Waals surface area (Å²) >= 11 is 0. The molecule has 0 aliphatic rings. The molecule has 0 aromatic heterocycles. The quantitative estimate of drug-likeness (QED) is 0.281. The number of guanidine groups is 1. The Morgan fingerprint density at radius 3 is 2.22 bits per heavy atom. The van der Waals surface area contributed by atoms with Crippen molar-refractivity contribution in [3.05, 3.63) is 24.3 Å². The third-order valence-corrected chi connectivity index (χ3v) is 2.41. The monoisotopic (exact) mass is 446 g/mol. The minimum absolute atomic E-state index is 0. The van der Waals surface area contributed by atoms with Crippen LogP contribution in [0, 0.1) is 0 Å². The van der Waals surface area contributed by atoms with Gasteiger partial charge in [-0.25, -0.2) is 0 Å². The number of rotatable bonds is 5. The molecular weight excluding hydrogens is 424 g/mol. The number of nitrogens with zero attached hydrogens (tertiary/aromatic N) is 1. The molecule has 1 rings (SSSR count). The molecule has 0 amide bonds. The van der Waals surface area contributed by atoms with Gasteiger partial charge in [0.05, 0.1) is 6.54 Å². The van der Waals surface area contributed by atoms with E-state index < -0.39 is 6.36 Å². The average Bonchev–Trinajstić information content (AvgIpc) is 2.34. The van der Waals surface area contributed by atoms with Gasteiger partial charge in [-0.3, -0.25) is 4.99 Å². The van der Waals surface area contributed by atoms with Crippen molar-refractivity contribution in [2.75, 3.05) is 18.4 Å². The molecule has 0 atom stereocenters. The van der Waals surface area contributed by atoms with E-state index in [9.17, 15) is 13.2 Å². The minimum Gasteiger partial charge on any atom is -0.406 e. The van der Waals surface area contributed by atoms with Gasteiger partial charge in [0, 0.05) is 17.8 Å². The van der Waals surface area contributed by atoms with Gasteiger partial charge in [-0.1, -0.05) is 0 Å². The van der Waals surface area contributed by atoms with Gasteiger partial charge in [0.2, 0.25) is 0 Å². The van der Waals surface area contributed by atoms with E-state index in [0.29, 0.717) is 18.8 Å². The zero-order valence-corrected chi connectivity index (χ0v) is 15.5. The van der Waals surface area contributed by atoms with Gasteiger partial charge in [-0.05, 0) is 45.0 Å². The van der Waals surface area contributed by atoms with Crippen LogP contribution in [0.4, 0.5) is 18.9 Å². The van der Waals surface area contributed by atoms with E-state index in [4.69, 9.17) is 5.73 Å². The Bertz CT molecular complexity index is 498. The second kappa shape index (κ2) is 9.16. The maximum atomic E-state index is 12.0. The molecule has 5 nitrogen and oxygen atoms in total. The molecule has 0 aliphatic heterocycles. The molecule has 0 saturated heterocycles. The zero-order chi connectivity index (χ0) is 16.8. The number of halogens is 4. The first-order valence-corrected chi connectivity index (χ1v) is 6.73. The lowest BCUT2D eigenvalue weighted by Crippen LogP contribution is -2.37. The molecule has 0 unspecified atom stereocenters. The molecule has 0 fully saturated rings. The molecule has 1 aromatic carbocycles. The number of alkyl halides is 3. The number of aliphatic imine (C=N–C) groups is 1. The van der Waals surface area contributed by atoms with Gasteiger partial charge in [-0.2, -0.15) is 0 Å². The lowest BCUT2D eigenvalue weighted by molar-refractivity contribution is -0.274. The van der Waals surface area contributed by atoms with Crippen LogP contribution >= 0.6 is 24.0 Å². The van der Waals surface area contributed by atoms with Gasteiger partial charge in [0.25, 0.3) is 0 Å². The van der Waals surface area contributed by atoms with Gasteiger partial charge < -0.3 is 21.1 Å². The van der Waals surface area contributed by atoms with Crippen LogP contribution in [0.5, 0.6) is 5.75 Å². The highest BCUT2D eigenvalue weighted by Gasteiger charge is 2.30. The van der Waals surface area contributed by atoms with Crippen LogP contribution in [-0.2, 0) is 0 Å². The van der Waals surface area contributed by atoms with Crippen molar-refractivity contribution in [1.29, 1.82) is 0 Å². The molecule has 4 N–H and O–H groups in total. The van der Waals surface area contributed by atoms with E-state index in [-0.39, 0.29) is 41.2 Å². The van der Waals surface area contributed by atoms with Crippen LogP contribution in [0.3, 0.4) is 0 Å². The standard InChI is InChI=1S/C14H21F3N4O.HI/c1-13(2,3)20-9-8-19-12(18)21-10-4-6-11(7-5-10)22-14(15,16)17;/h4-7,20H,8-9H2,1-3H3,(H3,18,19,21);1H. The molecule has 23 heavy (non-hydrogen) atoms. The van der Waals surface area contributed by atoms with E-state index in [1.165, 1.54) is 24.3 Å². The lowest BCUT2D eigenvalue weighted by atomic mass is 10.1. The van der Waals surface area contributed by atoms with Crippen molar-refractivity contribution >= 4 is 35.6 Å². The summed E-state index contributed by atoms with van der Waals surface area (Å²) < 4.78 is 39.9. The Morgan fingerprint density at radius 1 is 1.17 bits per heavy atom. The summed E-state index contributed by atoms with van der Waals surface area (Å²) in [5, 5.41) is 6.05. The van der Waals surface area contributed by atoms with E-state index in [1.807, 2.05) is 20.8 Å². The Hall–Kier alpha value is -1.23. The molecule has 0 bridgehead atoms. The Kier molecular flexibility index (Phi) is 8.67. The van der Waals surface area contributed by atoms with Crippen LogP contribution in [0.15, 0.2) is 29.3 Å². The predicted octanol–water partition coefficient (Wildman–Crippen LogP) is 3.32. The summed E-state index contributed by atoms with van der Waals surface area (Å²) in [6.07, 6.45) is -4.70. The molecule has 0 heterocycles. The fourth-order valence-corrected chi connectivity index (χ4v) is 1.53. The van der Waals surface area contributed by atoms with Crippen LogP contribution in [0.25, 0.3) is 0 Å². The number of anilines is 1. The van der Waals surface area contributed by atoms with Crippen molar-refractivity contribution in [2.45, 2.75) is 32.7 Å². The SMILES string of the molecule is CC(C)(C)NCCN=C(N)Nc1ccc(OC(F)(F)F)cc1.I. The van der Waals surface area contributed by atoms with Gasteiger partial charge in [0.15, 0.2) is 5.96 Å². The second-order valence-corrected chi connectivity index (χ2v) is 5.64. The Labute approximate surface area is 150 Å². The lowest BCUT2D eigenvalue weighted by Gasteiger charge is -2.19. The predicted molar refractivity (Wildman–Crippen MR) is 96.4 cm³/mol. The van der Waals surface area contributed by atoms with Crippen LogP contribution < -0.4 is 21.1 Å². The number of hydrogen-bond acceptors (Lipinski definition) is 3. The third kappa shape index (κ3) is 11.0. The number of nitrogens with two attached hydrogens (primary N) is 1. The maximum absolute atomic E-state index is 12.0. The molecular formula is C14H22F3IN4O. The van der Waals surface area contributed by atoms with E-state index >= 15 is 0 Å². The fraction of sp³-hybridized carbons (Fsp3) is 0.500. The highest BCUT2D eigenvalue weighted by molar-refractivity contribution is 14.0. The van der Waals surface area contributed by atoms with Gasteiger partial charge in [0.1, 0.15) is 5.75 Å². The summed E-state index contributed by atoms with van der Waals surface area (Å²) in [5.41, 5.74) is 6.23. The average molecular weight is 446 g/mol. The molecule has 9 heteroatoms. The largest absolute Gasteiger partial charge is 0.573 e. The van der Waals surface area contributed by atoms with Crippen LogP contribution in [0.1, 0.15) is 20.8 Å². The summed E-state index contributed by atoms with van der Waals surface area (Å²) in [7, 11) is 0. The van der Waals surface area contributed by atoms with Gasteiger partial charge in [-0.15, -0.1) is 37.1 Å². The highest BCUT2D eigenvalue weighted by atomic mass is 127. The fourth-order valence-electron chi connectivity index (χ4n) is 1.53. The Balaban J connectivity index is 0.00000484. The maximum Gasteiger partial charge on any atom is 0.573 e. The van der Waals surface area contributed by atoms with Gasteiger partial charge >= 0.3 is 6.36 Å². The molecule has 0 spiro atoms. The van der Waals surface area contributed by atoms with Crippen molar-refractivity contribution in [2.24, 2.45) is 10.7 Å². The number of hydrogen-bond donors (Lipinski definition) is 3. The number of benzene rings is 1. The van der Waals surface area contributed by atoms with Crippen molar-refractivity contribution in [1.82, 2.24) is 5.32 Å². The summed E-state index contributed by atoms with van der Waals surface area (Å²) in [6, 6.07) is 5.25. The first-order valence-electron chi connectivity index (χ1n) is 6.73. The smallest absolute Gasteiger partial charge is 0.406 e. The summed E-state index contributed by atoms with van der Waals surface area (Å²) in [5.74, 6) is -0.0943. The molecule has 0 radical (unpaired) electrons. The molecule has 0 aliphatic carbocycles. The number of ether oxygens (including phenoxy) is 1. The van der Waals surface area contributed by atoms with E-state index in [1.54, 1.807) is 0 Å². The second-order valence-electron chi connectivity index (χ2n) is 5.64. The topological polar surface area (TPSA) is 71.7 Å². The first kappa shape index (κ1) is 21.8. The van der Waals surface area contributed by atoms with Crippen molar-refractivity contribution < 1.29 is 17.9 Å². The zero-order valence-electron chi connectivity index (χ0n) is 13.2. The molecule has 1 aromatic rings. The Morgan fingerprint density at radius 2 is 1.74 bits per heavy atom. The summed E-state index contributed by atoms with van der Waals surface area (Å²) in [6.45, 7) is 7.30. The van der Waals surface area contributed by atoms with Crippen molar-refractivity contribution in [3.8, 4) is 5.75 Å². The van der Waals surface area contributed by atoms with E-state index in [0.717, 1.165) is 0 Å². The van der Waals surface area contributed by atoms with Crippen LogP contribution in [-0.4, -0.2) is 31.0 Å². The van der Waals surface area contributed by atoms with Crippen molar-refractivity contribution in [3.63, 3.8) is 0 Å². The molecule has 0 saturated carbocycles. The third-order valence-electron chi connectivity index (χ3n) is 2.41. The summed E-state index contributed by atoms with van der Waals surface area (Å²) in [4.78, 5) is 4.11. The molecule has 132 valence electrons. The first-order chi connectivity index (χ1) is 10.1. The van der Waals surface area contributed by atoms with E-state index in [2.05, 4.69) is 20.4 Å². The normalized spacial score (nSPS) is 12.5. The van der Waals surface area contributed by atoms with Crippen LogP contribution in [0.2, 0.25) is 0 Å². The minimum atomic E-state index is -4.70. The highest BCUT2D eigenvalue weighted by Crippen LogP contribution is 2.23.